The van der Waals surface area contributed by atoms with Gasteiger partial charge in [-0.25, -0.2) is 0 Å². The predicted octanol–water partition coefficient (Wildman–Crippen LogP) is 7.20. The number of hydrogen-bond acceptors (Lipinski definition) is 7. The van der Waals surface area contributed by atoms with Crippen LogP contribution in [0.2, 0.25) is 0 Å². The minimum Gasteiger partial charge on any atom is -0.508 e. The van der Waals surface area contributed by atoms with Gasteiger partial charge in [-0.3, -0.25) is 0 Å². The quantitative estimate of drug-likeness (QED) is 0.150. The smallest absolute Gasteiger partial charge is 0.315 e. The summed E-state index contributed by atoms with van der Waals surface area (Å²) in [6, 6.07) is 27.2. The molecule has 0 saturated carbocycles. The molecule has 2 aliphatic rings. The van der Waals surface area contributed by atoms with Crippen LogP contribution in [0.15, 0.2) is 95.5 Å². The lowest BCUT2D eigenvalue weighted by Crippen LogP contribution is -2.35. The standard InChI is InChI=1S/C34H29BrO7S/c1-39-28-17-22(18-29(19-28)40-2)4-3-21-5-7-24(8-6-21)33-32(23-9-13-26(36)14-10-23)30-20-31(34(33)41-30)43(37,38)42-27-15-11-25(35)12-16-27/h3-19,30-31,34,36H,20H2,1-2H3/b4-3+. The van der Waals surface area contributed by atoms with Crippen LogP contribution < -0.4 is 13.7 Å². The molecular formula is C34H29BrO7S. The average molecular weight is 662 g/mol. The lowest BCUT2D eigenvalue weighted by molar-refractivity contribution is 0.128. The van der Waals surface area contributed by atoms with Gasteiger partial charge in [-0.1, -0.05) is 64.5 Å². The van der Waals surface area contributed by atoms with E-state index < -0.39 is 27.6 Å². The number of phenolic OH excluding ortho intramolecular Hbond substituents is 1. The molecule has 3 unspecified atom stereocenters. The summed E-state index contributed by atoms with van der Waals surface area (Å²) in [5, 5.41) is 9.00. The van der Waals surface area contributed by atoms with E-state index in [1.54, 1.807) is 50.6 Å². The fourth-order valence-corrected chi connectivity index (χ4v) is 7.25. The molecule has 1 saturated heterocycles. The Bertz CT molecular complexity index is 1770. The van der Waals surface area contributed by atoms with Crippen molar-refractivity contribution >= 4 is 49.3 Å². The maximum absolute atomic E-state index is 13.5. The van der Waals surface area contributed by atoms with E-state index in [2.05, 4.69) is 15.9 Å². The Morgan fingerprint density at radius 3 is 1.98 bits per heavy atom. The van der Waals surface area contributed by atoms with Crippen LogP contribution in [0, 0.1) is 0 Å². The Balaban J connectivity index is 1.33. The topological polar surface area (TPSA) is 91.3 Å². The van der Waals surface area contributed by atoms with Gasteiger partial charge in [0.25, 0.3) is 0 Å². The van der Waals surface area contributed by atoms with Gasteiger partial charge < -0.3 is 23.5 Å². The minimum absolute atomic E-state index is 0.156. The second kappa shape index (κ2) is 11.9. The zero-order valence-electron chi connectivity index (χ0n) is 23.4. The zero-order valence-corrected chi connectivity index (χ0v) is 25.8. The number of benzene rings is 4. The van der Waals surface area contributed by atoms with Crippen LogP contribution in [0.3, 0.4) is 0 Å². The number of halogens is 1. The number of rotatable bonds is 9. The summed E-state index contributed by atoms with van der Waals surface area (Å²) in [6.07, 6.45) is 3.10. The van der Waals surface area contributed by atoms with Gasteiger partial charge in [-0.05, 0) is 81.9 Å². The summed E-state index contributed by atoms with van der Waals surface area (Å²) < 4.78 is 50.5. The molecule has 1 fully saturated rings. The van der Waals surface area contributed by atoms with E-state index in [1.165, 1.54) is 0 Å². The fraction of sp³-hybridized carbons (Fsp3) is 0.176. The molecule has 220 valence electrons. The van der Waals surface area contributed by atoms with E-state index in [9.17, 15) is 13.5 Å². The van der Waals surface area contributed by atoms with Crippen molar-refractivity contribution in [2.75, 3.05) is 14.2 Å². The Hall–Kier alpha value is -4.05. The number of fused-ring (bicyclic) bond motifs is 2. The van der Waals surface area contributed by atoms with Crippen molar-refractivity contribution < 1.29 is 31.9 Å². The maximum atomic E-state index is 13.5. The van der Waals surface area contributed by atoms with Gasteiger partial charge >= 0.3 is 10.1 Å². The molecule has 0 radical (unpaired) electrons. The van der Waals surface area contributed by atoms with Crippen LogP contribution in [0.25, 0.3) is 23.3 Å². The first-order valence-corrected chi connectivity index (χ1v) is 15.9. The van der Waals surface area contributed by atoms with Crippen LogP contribution in [0.1, 0.15) is 28.7 Å². The second-order valence-electron chi connectivity index (χ2n) is 10.3. The summed E-state index contributed by atoms with van der Waals surface area (Å²) in [4.78, 5) is 0. The molecule has 6 rings (SSSR count). The van der Waals surface area contributed by atoms with E-state index in [4.69, 9.17) is 18.4 Å². The van der Waals surface area contributed by atoms with Gasteiger partial charge in [-0.2, -0.15) is 8.42 Å². The first kappa shape index (κ1) is 29.0. The Morgan fingerprint density at radius 1 is 0.767 bits per heavy atom. The van der Waals surface area contributed by atoms with Crippen LogP contribution in [-0.4, -0.2) is 45.2 Å². The van der Waals surface area contributed by atoms with E-state index in [1.807, 2.05) is 66.7 Å². The SMILES string of the molecule is COc1cc(/C=C/c2ccc(C3=C(c4ccc(O)cc4)C4CC(S(=O)(=O)Oc5ccc(Br)cc5)C3O4)cc2)cc(OC)c1. The van der Waals surface area contributed by atoms with Crippen LogP contribution in [0.5, 0.6) is 23.0 Å². The van der Waals surface area contributed by atoms with E-state index in [0.29, 0.717) is 11.5 Å². The summed E-state index contributed by atoms with van der Waals surface area (Å²) in [6.45, 7) is 0. The first-order chi connectivity index (χ1) is 20.7. The highest BCUT2D eigenvalue weighted by molar-refractivity contribution is 9.10. The number of hydrogen-bond donors (Lipinski definition) is 1. The minimum atomic E-state index is -4.02. The molecule has 4 aromatic carbocycles. The van der Waals surface area contributed by atoms with Crippen molar-refractivity contribution in [1.29, 1.82) is 0 Å². The number of ether oxygens (including phenoxy) is 3. The molecule has 2 aliphatic heterocycles. The Kier molecular flexibility index (Phi) is 8.05. The lowest BCUT2D eigenvalue weighted by atomic mass is 9.83. The summed E-state index contributed by atoms with van der Waals surface area (Å²) >= 11 is 3.36. The van der Waals surface area contributed by atoms with E-state index in [-0.39, 0.29) is 17.9 Å². The highest BCUT2D eigenvalue weighted by atomic mass is 79.9. The first-order valence-electron chi connectivity index (χ1n) is 13.6. The van der Waals surface area contributed by atoms with Gasteiger partial charge in [0.1, 0.15) is 34.4 Å². The van der Waals surface area contributed by atoms with Crippen LogP contribution in [-0.2, 0) is 14.9 Å². The predicted molar refractivity (Wildman–Crippen MR) is 171 cm³/mol. The summed E-state index contributed by atoms with van der Waals surface area (Å²) in [5.74, 6) is 1.81. The fourth-order valence-electron chi connectivity index (χ4n) is 5.57. The van der Waals surface area contributed by atoms with Crippen molar-refractivity contribution in [3.05, 3.63) is 118 Å². The van der Waals surface area contributed by atoms with E-state index in [0.717, 1.165) is 37.9 Å². The molecular weight excluding hydrogens is 632 g/mol. The number of aromatic hydroxyl groups is 1. The average Bonchev–Trinajstić information content (AvgIpc) is 3.62. The molecule has 0 spiro atoms. The van der Waals surface area contributed by atoms with Crippen LogP contribution in [0.4, 0.5) is 0 Å². The highest BCUT2D eigenvalue weighted by Crippen LogP contribution is 2.51. The molecule has 4 aromatic rings. The van der Waals surface area contributed by atoms with Gasteiger partial charge in [0.05, 0.1) is 20.3 Å². The van der Waals surface area contributed by atoms with Gasteiger partial charge in [0, 0.05) is 17.0 Å². The van der Waals surface area contributed by atoms with Gasteiger partial charge in [0.15, 0.2) is 0 Å². The molecule has 3 atom stereocenters. The summed E-state index contributed by atoms with van der Waals surface area (Å²) in [5.41, 5.74) is 5.36. The van der Waals surface area contributed by atoms with Gasteiger partial charge in [0.2, 0.25) is 0 Å². The molecule has 9 heteroatoms. The monoisotopic (exact) mass is 660 g/mol. The second-order valence-corrected chi connectivity index (χ2v) is 13.0. The van der Waals surface area contributed by atoms with Gasteiger partial charge in [-0.15, -0.1) is 0 Å². The normalized spacial score (nSPS) is 19.7. The molecule has 43 heavy (non-hydrogen) atoms. The van der Waals surface area contributed by atoms with Crippen molar-refractivity contribution in [1.82, 2.24) is 0 Å². The third-order valence-electron chi connectivity index (χ3n) is 7.63. The molecule has 7 nitrogen and oxygen atoms in total. The van der Waals surface area contributed by atoms with Crippen molar-refractivity contribution in [3.63, 3.8) is 0 Å². The molecule has 0 amide bonds. The third kappa shape index (κ3) is 6.06. The zero-order chi connectivity index (χ0) is 30.1. The number of methoxy groups -OCH3 is 2. The van der Waals surface area contributed by atoms with E-state index >= 15 is 0 Å². The lowest BCUT2D eigenvalue weighted by Gasteiger charge is -2.24. The number of phenols is 1. The van der Waals surface area contributed by atoms with Crippen molar-refractivity contribution in [2.45, 2.75) is 23.9 Å². The third-order valence-corrected chi connectivity index (χ3v) is 9.77. The highest BCUT2D eigenvalue weighted by Gasteiger charge is 2.53. The van der Waals surface area contributed by atoms with Crippen molar-refractivity contribution in [2.24, 2.45) is 0 Å². The van der Waals surface area contributed by atoms with Crippen molar-refractivity contribution in [3.8, 4) is 23.0 Å². The molecule has 0 aliphatic carbocycles. The summed E-state index contributed by atoms with van der Waals surface area (Å²) in [7, 11) is -0.785. The Morgan fingerprint density at radius 2 is 1.35 bits per heavy atom. The maximum Gasteiger partial charge on any atom is 0.315 e. The Labute approximate surface area is 259 Å². The molecule has 1 N–H and O–H groups in total. The molecule has 0 aromatic heterocycles. The molecule has 2 bridgehead atoms. The molecule has 2 heterocycles. The largest absolute Gasteiger partial charge is 0.508 e. The van der Waals surface area contributed by atoms with Crippen LogP contribution >= 0.6 is 15.9 Å².